The number of benzene rings is 4. The minimum atomic E-state index is 0. The molecule has 1 aliphatic heterocycles. The van der Waals surface area contributed by atoms with Crippen LogP contribution in [-0.2, 0) is 25.5 Å². The van der Waals surface area contributed by atoms with Crippen molar-refractivity contribution in [2.24, 2.45) is 0 Å². The minimum absolute atomic E-state index is 0. The molecule has 0 aliphatic carbocycles. The van der Waals surface area contributed by atoms with Gasteiger partial charge in [-0.25, -0.2) is 0 Å². The van der Waals surface area contributed by atoms with Crippen molar-refractivity contribution in [2.75, 3.05) is 0 Å². The third kappa shape index (κ3) is 6.67. The van der Waals surface area contributed by atoms with E-state index in [1.807, 2.05) is 67.8 Å². The summed E-state index contributed by atoms with van der Waals surface area (Å²) in [6, 6.07) is 43.4. The van der Waals surface area contributed by atoms with Crippen molar-refractivity contribution in [3.05, 3.63) is 145 Å². The van der Waals surface area contributed by atoms with E-state index in [-0.39, 0.29) is 25.5 Å². The number of nitrogens with zero attached hydrogens (tertiary/aromatic N) is 2. The standard InChI is InChI=1S/C27H22NO.C12H10N.Ir/c1-27(2,3)19-14-15-28-24(17-19)18-12-13-26-23(16-18)21-9-5-4-8-20(21)22-10-6-7-11-25(22)29-26;1-10-7-8-12(13-9-10)11-5-3-2-4-6-11;/h4-11,13-17H,1-3H3;2-5,7-9H,1H3;/q2*-1;. The number of aromatic nitrogens is 2. The zero-order valence-corrected chi connectivity index (χ0v) is 27.1. The monoisotopic (exact) mass is 737 g/mol. The van der Waals surface area contributed by atoms with E-state index in [0.29, 0.717) is 0 Å². The molecule has 3 nitrogen and oxygen atoms in total. The number of hydrogen-bond donors (Lipinski definition) is 0. The van der Waals surface area contributed by atoms with Gasteiger partial charge < -0.3 is 14.7 Å². The Hall–Kier alpha value is -4.37. The Bertz CT molecular complexity index is 1840. The second kappa shape index (κ2) is 12.9. The van der Waals surface area contributed by atoms with Crippen molar-refractivity contribution in [2.45, 2.75) is 33.1 Å². The summed E-state index contributed by atoms with van der Waals surface area (Å²) in [5, 5.41) is 0. The number of rotatable bonds is 2. The van der Waals surface area contributed by atoms with Crippen molar-refractivity contribution in [3.63, 3.8) is 0 Å². The minimum Gasteiger partial charge on any atom is -0.500 e. The van der Waals surface area contributed by atoms with Gasteiger partial charge in [-0.05, 0) is 58.1 Å². The predicted molar refractivity (Wildman–Crippen MR) is 171 cm³/mol. The summed E-state index contributed by atoms with van der Waals surface area (Å²) in [4.78, 5) is 8.94. The SMILES string of the molecule is CC(C)(C)c1ccnc(-c2[c-]cc3c(c2)-c2ccccc2-c2ccccc2O3)c1.Cc1ccc(-c2[c-]cccc2)nc1.[Ir]. The topological polar surface area (TPSA) is 35.0 Å². The Kier molecular flexibility index (Phi) is 9.01. The second-order valence-electron chi connectivity index (χ2n) is 11.4. The molecule has 0 atom stereocenters. The number of aryl methyl sites for hydroxylation is 1. The maximum Gasteiger partial charge on any atom is 0.122 e. The molecule has 0 saturated carbocycles. The third-order valence-electron chi connectivity index (χ3n) is 7.33. The first-order chi connectivity index (χ1) is 20.4. The first-order valence-electron chi connectivity index (χ1n) is 14.2. The van der Waals surface area contributed by atoms with Crippen molar-refractivity contribution >= 4 is 0 Å². The fourth-order valence-corrected chi connectivity index (χ4v) is 4.99. The van der Waals surface area contributed by atoms with Gasteiger partial charge in [0.2, 0.25) is 0 Å². The molecule has 0 fully saturated rings. The first-order valence-corrected chi connectivity index (χ1v) is 14.2. The smallest absolute Gasteiger partial charge is 0.122 e. The summed E-state index contributed by atoms with van der Waals surface area (Å²) < 4.78 is 6.30. The van der Waals surface area contributed by atoms with Gasteiger partial charge >= 0.3 is 0 Å². The molecule has 3 heterocycles. The van der Waals surface area contributed by atoms with Crippen LogP contribution in [0.3, 0.4) is 0 Å². The Labute approximate surface area is 268 Å². The summed E-state index contributed by atoms with van der Waals surface area (Å²) in [6.07, 6.45) is 3.76. The van der Waals surface area contributed by atoms with Gasteiger partial charge in [0.25, 0.3) is 0 Å². The van der Waals surface area contributed by atoms with Crippen LogP contribution < -0.4 is 4.74 Å². The molecular formula is C39H32IrN2O-2. The molecule has 0 spiro atoms. The van der Waals surface area contributed by atoms with Crippen LogP contribution in [0.2, 0.25) is 0 Å². The summed E-state index contributed by atoms with van der Waals surface area (Å²) >= 11 is 0. The molecule has 0 amide bonds. The van der Waals surface area contributed by atoms with Crippen molar-refractivity contribution in [1.82, 2.24) is 9.97 Å². The van der Waals surface area contributed by atoms with Gasteiger partial charge in [0.1, 0.15) is 5.75 Å². The van der Waals surface area contributed by atoms with Crippen LogP contribution >= 0.6 is 0 Å². The molecule has 0 unspecified atom stereocenters. The molecule has 0 N–H and O–H groups in total. The van der Waals surface area contributed by atoms with Crippen LogP contribution in [0.15, 0.2) is 122 Å². The summed E-state index contributed by atoms with van der Waals surface area (Å²) in [7, 11) is 0. The van der Waals surface area contributed by atoms with E-state index in [1.165, 1.54) is 16.7 Å². The van der Waals surface area contributed by atoms with Gasteiger partial charge in [0.05, 0.1) is 5.75 Å². The zero-order chi connectivity index (χ0) is 29.1. The molecule has 7 rings (SSSR count). The molecule has 1 aliphatic rings. The maximum atomic E-state index is 6.30. The van der Waals surface area contributed by atoms with E-state index < -0.39 is 0 Å². The van der Waals surface area contributed by atoms with Crippen molar-refractivity contribution < 1.29 is 24.8 Å². The van der Waals surface area contributed by atoms with Gasteiger partial charge in [-0.2, -0.15) is 0 Å². The molecule has 215 valence electrons. The quantitative estimate of drug-likeness (QED) is 0.166. The van der Waals surface area contributed by atoms with Gasteiger partial charge in [0, 0.05) is 38.1 Å². The summed E-state index contributed by atoms with van der Waals surface area (Å²) in [5.74, 6) is 1.69. The molecular weight excluding hydrogens is 705 g/mol. The van der Waals surface area contributed by atoms with E-state index in [2.05, 4.69) is 104 Å². The average Bonchev–Trinajstić information content (AvgIpc) is 3.16. The Morgan fingerprint density at radius 3 is 2.05 bits per heavy atom. The van der Waals surface area contributed by atoms with Crippen LogP contribution in [0.1, 0.15) is 31.9 Å². The Morgan fingerprint density at radius 1 is 0.628 bits per heavy atom. The van der Waals surface area contributed by atoms with Crippen molar-refractivity contribution in [3.8, 4) is 56.3 Å². The molecule has 4 aromatic carbocycles. The van der Waals surface area contributed by atoms with Gasteiger partial charge in [-0.1, -0.05) is 87.0 Å². The van der Waals surface area contributed by atoms with E-state index >= 15 is 0 Å². The van der Waals surface area contributed by atoms with E-state index in [0.717, 1.165) is 50.7 Å². The number of ether oxygens (including phenoxy) is 1. The van der Waals surface area contributed by atoms with E-state index in [1.54, 1.807) is 0 Å². The van der Waals surface area contributed by atoms with E-state index in [9.17, 15) is 0 Å². The fraction of sp³-hybridized carbons (Fsp3) is 0.128. The Balaban J connectivity index is 0.000000221. The molecule has 1 radical (unpaired) electrons. The second-order valence-corrected chi connectivity index (χ2v) is 11.4. The van der Waals surface area contributed by atoms with Gasteiger partial charge in [-0.15, -0.1) is 59.7 Å². The number of para-hydroxylation sites is 1. The normalized spacial score (nSPS) is 11.3. The van der Waals surface area contributed by atoms with Crippen LogP contribution in [0, 0.1) is 19.1 Å². The third-order valence-corrected chi connectivity index (χ3v) is 7.33. The first kappa shape index (κ1) is 30.1. The molecule has 0 bridgehead atoms. The van der Waals surface area contributed by atoms with Crippen molar-refractivity contribution in [1.29, 1.82) is 0 Å². The summed E-state index contributed by atoms with van der Waals surface area (Å²) in [5.41, 5.74) is 10.9. The van der Waals surface area contributed by atoms with E-state index in [4.69, 9.17) is 4.74 Å². The Morgan fingerprint density at radius 2 is 1.35 bits per heavy atom. The predicted octanol–water partition coefficient (Wildman–Crippen LogP) is 10.1. The maximum absolute atomic E-state index is 6.30. The zero-order valence-electron chi connectivity index (χ0n) is 24.7. The molecule has 2 aromatic heterocycles. The van der Waals surface area contributed by atoms with Crippen LogP contribution in [-0.4, -0.2) is 9.97 Å². The number of fused-ring (bicyclic) bond motifs is 5. The van der Waals surface area contributed by atoms with Gasteiger partial charge in [-0.3, -0.25) is 0 Å². The molecule has 43 heavy (non-hydrogen) atoms. The number of pyridine rings is 2. The average molecular weight is 737 g/mol. The van der Waals surface area contributed by atoms with Crippen LogP contribution in [0.4, 0.5) is 0 Å². The molecule has 4 heteroatoms. The molecule has 6 aromatic rings. The molecule has 0 saturated heterocycles. The largest absolute Gasteiger partial charge is 0.500 e. The van der Waals surface area contributed by atoms with Gasteiger partial charge in [0.15, 0.2) is 0 Å². The van der Waals surface area contributed by atoms with Crippen LogP contribution in [0.25, 0.3) is 44.8 Å². The summed E-state index contributed by atoms with van der Waals surface area (Å²) in [6.45, 7) is 8.68. The number of hydrogen-bond acceptors (Lipinski definition) is 3. The van der Waals surface area contributed by atoms with Crippen LogP contribution in [0.5, 0.6) is 11.5 Å². The fourth-order valence-electron chi connectivity index (χ4n) is 4.99.